The highest BCUT2D eigenvalue weighted by Crippen LogP contribution is 2.31. The van der Waals surface area contributed by atoms with Gasteiger partial charge in [-0.1, -0.05) is 6.07 Å². The number of nitrogens with zero attached hydrogens (tertiary/aromatic N) is 1. The van der Waals surface area contributed by atoms with Crippen molar-refractivity contribution in [2.24, 2.45) is 0 Å². The molecule has 8 heteroatoms. The zero-order valence-corrected chi connectivity index (χ0v) is 16.5. The summed E-state index contributed by atoms with van der Waals surface area (Å²) in [5, 5.41) is -0.610. The Balaban J connectivity index is 1.75. The number of amides is 1. The van der Waals surface area contributed by atoms with Gasteiger partial charge in [-0.15, -0.1) is 0 Å². The van der Waals surface area contributed by atoms with Crippen molar-refractivity contribution in [3.05, 3.63) is 53.8 Å². The monoisotopic (exact) mass is 407 g/mol. The van der Waals surface area contributed by atoms with Gasteiger partial charge < -0.3 is 14.4 Å². The van der Waals surface area contributed by atoms with Crippen LogP contribution in [0.3, 0.4) is 0 Å². The molecule has 1 aliphatic heterocycles. The Morgan fingerprint density at radius 3 is 2.04 bits per heavy atom. The molecule has 0 radical (unpaired) electrons. The molecule has 1 heterocycles. The second-order valence-corrected chi connectivity index (χ2v) is 8.76. The third kappa shape index (κ3) is 3.82. The highest BCUT2D eigenvalue weighted by Gasteiger charge is 2.34. The molecular weight excluding hydrogens is 385 g/mol. The number of carbonyl (C=O) groups excluding carboxylic acids is 1. The molecule has 1 saturated heterocycles. The number of hydrogen-bond acceptors (Lipinski definition) is 5. The van der Waals surface area contributed by atoms with Gasteiger partial charge in [-0.05, 0) is 49.2 Å². The first-order valence-electron chi connectivity index (χ1n) is 8.88. The van der Waals surface area contributed by atoms with Gasteiger partial charge in [0.25, 0.3) is 5.91 Å². The fourth-order valence-electron chi connectivity index (χ4n) is 3.41. The predicted molar refractivity (Wildman–Crippen MR) is 102 cm³/mol. The van der Waals surface area contributed by atoms with Crippen LogP contribution in [0.15, 0.2) is 47.4 Å². The molecule has 1 aliphatic rings. The van der Waals surface area contributed by atoms with Gasteiger partial charge in [-0.2, -0.15) is 0 Å². The van der Waals surface area contributed by atoms with Crippen LogP contribution in [0.4, 0.5) is 4.39 Å². The largest absolute Gasteiger partial charge is 0.496 e. The minimum absolute atomic E-state index is 0.102. The molecule has 1 amide bonds. The van der Waals surface area contributed by atoms with E-state index in [1.807, 2.05) is 0 Å². The number of sulfone groups is 1. The summed E-state index contributed by atoms with van der Waals surface area (Å²) in [6.45, 7) is 0.594. The van der Waals surface area contributed by atoms with E-state index in [2.05, 4.69) is 0 Å². The zero-order chi connectivity index (χ0) is 20.3. The van der Waals surface area contributed by atoms with E-state index in [0.717, 1.165) is 12.1 Å². The predicted octanol–water partition coefficient (Wildman–Crippen LogP) is 2.92. The Morgan fingerprint density at radius 2 is 1.54 bits per heavy atom. The molecule has 0 atom stereocenters. The fourth-order valence-corrected chi connectivity index (χ4v) is 5.14. The number of ether oxygens (including phenoxy) is 2. The van der Waals surface area contributed by atoms with Crippen molar-refractivity contribution in [2.45, 2.75) is 23.0 Å². The Kier molecular flexibility index (Phi) is 5.88. The second-order valence-electron chi connectivity index (χ2n) is 6.53. The SMILES string of the molecule is COc1cccc(OC)c1C(=O)N1CCC(S(=O)(=O)c2ccc(F)cc2)CC1. The summed E-state index contributed by atoms with van der Waals surface area (Å²) in [6.07, 6.45) is 0.617. The standard InChI is InChI=1S/C20H22FNO5S/c1-26-17-4-3-5-18(27-2)19(17)20(23)22-12-10-16(11-13-22)28(24,25)15-8-6-14(21)7-9-15/h3-9,16H,10-13H2,1-2H3. The Morgan fingerprint density at radius 1 is 1.00 bits per heavy atom. The van der Waals surface area contributed by atoms with Crippen molar-refractivity contribution in [1.82, 2.24) is 4.90 Å². The summed E-state index contributed by atoms with van der Waals surface area (Å²) >= 11 is 0. The molecule has 0 bridgehead atoms. The van der Waals surface area contributed by atoms with Gasteiger partial charge in [0, 0.05) is 13.1 Å². The van der Waals surface area contributed by atoms with E-state index in [1.165, 1.54) is 26.4 Å². The quantitative estimate of drug-likeness (QED) is 0.713. The number of piperidine rings is 1. The average Bonchev–Trinajstić information content (AvgIpc) is 2.73. The van der Waals surface area contributed by atoms with Crippen LogP contribution >= 0.6 is 0 Å². The number of rotatable bonds is 5. The number of hydrogen-bond donors (Lipinski definition) is 0. The molecule has 1 fully saturated rings. The molecule has 0 aromatic heterocycles. The lowest BCUT2D eigenvalue weighted by Crippen LogP contribution is -2.42. The molecule has 0 saturated carbocycles. The zero-order valence-electron chi connectivity index (χ0n) is 15.7. The van der Waals surface area contributed by atoms with Crippen molar-refractivity contribution in [1.29, 1.82) is 0 Å². The second kappa shape index (κ2) is 8.18. The minimum atomic E-state index is -3.57. The molecular formula is C20H22FNO5S. The summed E-state index contributed by atoms with van der Waals surface area (Å²) in [7, 11) is -0.614. The van der Waals surface area contributed by atoms with Crippen LogP contribution in [0.1, 0.15) is 23.2 Å². The lowest BCUT2D eigenvalue weighted by Gasteiger charge is -2.32. The van der Waals surface area contributed by atoms with Crippen LogP contribution < -0.4 is 9.47 Å². The van der Waals surface area contributed by atoms with Gasteiger partial charge in [0.15, 0.2) is 9.84 Å². The first kappa shape index (κ1) is 20.1. The number of carbonyl (C=O) groups is 1. The maximum absolute atomic E-state index is 13.1. The van der Waals surface area contributed by atoms with E-state index in [0.29, 0.717) is 43.0 Å². The fraction of sp³-hybridized carbons (Fsp3) is 0.350. The maximum atomic E-state index is 13.1. The lowest BCUT2D eigenvalue weighted by atomic mass is 10.1. The third-order valence-corrected chi connectivity index (χ3v) is 7.23. The highest BCUT2D eigenvalue weighted by molar-refractivity contribution is 7.92. The topological polar surface area (TPSA) is 72.9 Å². The van der Waals surface area contributed by atoms with Gasteiger partial charge in [-0.3, -0.25) is 4.79 Å². The molecule has 0 unspecified atom stereocenters. The van der Waals surface area contributed by atoms with Crippen molar-refractivity contribution in [3.63, 3.8) is 0 Å². The summed E-state index contributed by atoms with van der Waals surface area (Å²) in [4.78, 5) is 14.7. The van der Waals surface area contributed by atoms with Gasteiger partial charge >= 0.3 is 0 Å². The summed E-state index contributed by atoms with van der Waals surface area (Å²) in [5.74, 6) is 0.0767. The summed E-state index contributed by atoms with van der Waals surface area (Å²) < 4.78 is 49.2. The Hall–Kier alpha value is -2.61. The maximum Gasteiger partial charge on any atom is 0.261 e. The van der Waals surface area contributed by atoms with Crippen molar-refractivity contribution >= 4 is 15.7 Å². The lowest BCUT2D eigenvalue weighted by molar-refractivity contribution is 0.0718. The van der Waals surface area contributed by atoms with E-state index in [9.17, 15) is 17.6 Å². The van der Waals surface area contributed by atoms with Crippen LogP contribution in [0.25, 0.3) is 0 Å². The van der Waals surface area contributed by atoms with Crippen molar-refractivity contribution < 1.29 is 27.1 Å². The number of benzene rings is 2. The molecule has 6 nitrogen and oxygen atoms in total. The smallest absolute Gasteiger partial charge is 0.261 e. The van der Waals surface area contributed by atoms with Gasteiger partial charge in [0.05, 0.1) is 24.4 Å². The molecule has 0 spiro atoms. The number of halogens is 1. The Bertz CT molecular complexity index is 929. The van der Waals surface area contributed by atoms with Crippen molar-refractivity contribution in [3.8, 4) is 11.5 Å². The van der Waals surface area contributed by atoms with E-state index in [-0.39, 0.29) is 10.8 Å². The van der Waals surface area contributed by atoms with Crippen LogP contribution in [0, 0.1) is 5.82 Å². The molecule has 0 N–H and O–H groups in total. The van der Waals surface area contributed by atoms with Crippen molar-refractivity contribution in [2.75, 3.05) is 27.3 Å². The van der Waals surface area contributed by atoms with E-state index < -0.39 is 20.9 Å². The van der Waals surface area contributed by atoms with E-state index in [1.54, 1.807) is 23.1 Å². The molecule has 3 rings (SSSR count). The van der Waals surface area contributed by atoms with Gasteiger partial charge in [0.1, 0.15) is 22.9 Å². The molecule has 28 heavy (non-hydrogen) atoms. The van der Waals surface area contributed by atoms with Crippen LogP contribution in [-0.2, 0) is 9.84 Å². The number of methoxy groups -OCH3 is 2. The molecule has 150 valence electrons. The summed E-state index contributed by atoms with van der Waals surface area (Å²) in [6, 6.07) is 9.93. The third-order valence-electron chi connectivity index (χ3n) is 4.95. The van der Waals surface area contributed by atoms with Gasteiger partial charge in [0.2, 0.25) is 0 Å². The molecule has 2 aromatic carbocycles. The van der Waals surface area contributed by atoms with Crippen LogP contribution in [0.5, 0.6) is 11.5 Å². The first-order chi connectivity index (χ1) is 13.4. The average molecular weight is 407 g/mol. The molecule has 2 aromatic rings. The normalized spacial score (nSPS) is 15.3. The summed E-state index contributed by atoms with van der Waals surface area (Å²) in [5.41, 5.74) is 0.326. The van der Waals surface area contributed by atoms with Crippen LogP contribution in [-0.4, -0.2) is 51.8 Å². The first-order valence-corrected chi connectivity index (χ1v) is 10.4. The minimum Gasteiger partial charge on any atom is -0.496 e. The van der Waals surface area contributed by atoms with E-state index >= 15 is 0 Å². The highest BCUT2D eigenvalue weighted by atomic mass is 32.2. The van der Waals surface area contributed by atoms with Crippen LogP contribution in [0.2, 0.25) is 0 Å². The number of likely N-dealkylation sites (tertiary alicyclic amines) is 1. The van der Waals surface area contributed by atoms with Gasteiger partial charge in [-0.25, -0.2) is 12.8 Å². The van der Waals surface area contributed by atoms with E-state index in [4.69, 9.17) is 9.47 Å². The molecule has 0 aliphatic carbocycles. The Labute approximate surface area is 163 Å².